The van der Waals surface area contributed by atoms with Crippen LogP contribution in [0.25, 0.3) is 6.08 Å². The van der Waals surface area contributed by atoms with Crippen molar-refractivity contribution in [3.8, 4) is 0 Å². The standard InChI is InChI=1S/C15H19N3O/c1-15(2)8-11-6-4-3-5-10(11)7-12(9-15)13(19)18-14(16)17/h3-7H,8-9H2,1-2H3,(H4,16,17,18,19). The van der Waals surface area contributed by atoms with Crippen LogP contribution in [0.5, 0.6) is 0 Å². The molecule has 0 aliphatic heterocycles. The Bertz CT molecular complexity index is 567. The summed E-state index contributed by atoms with van der Waals surface area (Å²) in [5.74, 6) is -0.536. The van der Waals surface area contributed by atoms with Crippen LogP contribution in [0.15, 0.2) is 34.8 Å². The van der Waals surface area contributed by atoms with E-state index in [1.54, 1.807) is 0 Å². The Morgan fingerprint density at radius 3 is 2.58 bits per heavy atom. The lowest BCUT2D eigenvalue weighted by Crippen LogP contribution is -2.25. The molecule has 1 aliphatic rings. The van der Waals surface area contributed by atoms with Crippen molar-refractivity contribution in [3.05, 3.63) is 41.0 Å². The first-order valence-corrected chi connectivity index (χ1v) is 6.30. The molecule has 4 nitrogen and oxygen atoms in total. The maximum atomic E-state index is 12.0. The number of nitrogens with zero attached hydrogens (tertiary/aromatic N) is 1. The Balaban J connectivity index is 2.47. The van der Waals surface area contributed by atoms with E-state index in [1.165, 1.54) is 5.56 Å². The van der Waals surface area contributed by atoms with Crippen LogP contribution < -0.4 is 11.5 Å². The van der Waals surface area contributed by atoms with Crippen LogP contribution in [0.3, 0.4) is 0 Å². The molecule has 1 aromatic carbocycles. The van der Waals surface area contributed by atoms with E-state index in [2.05, 4.69) is 24.9 Å². The van der Waals surface area contributed by atoms with Gasteiger partial charge in [-0.3, -0.25) is 4.79 Å². The van der Waals surface area contributed by atoms with E-state index in [0.29, 0.717) is 12.0 Å². The zero-order chi connectivity index (χ0) is 14.0. The quantitative estimate of drug-likeness (QED) is 0.595. The number of guanidine groups is 1. The first-order valence-electron chi connectivity index (χ1n) is 6.30. The third-order valence-electron chi connectivity index (χ3n) is 3.23. The van der Waals surface area contributed by atoms with Gasteiger partial charge in [0.25, 0.3) is 5.91 Å². The van der Waals surface area contributed by atoms with E-state index in [0.717, 1.165) is 12.0 Å². The highest BCUT2D eigenvalue weighted by Gasteiger charge is 2.27. The Morgan fingerprint density at radius 2 is 1.89 bits per heavy atom. The summed E-state index contributed by atoms with van der Waals surface area (Å²) in [6.45, 7) is 4.29. The van der Waals surface area contributed by atoms with Crippen molar-refractivity contribution < 1.29 is 4.79 Å². The Hall–Kier alpha value is -2.10. The fourth-order valence-corrected chi connectivity index (χ4v) is 2.49. The lowest BCUT2D eigenvalue weighted by molar-refractivity contribution is -0.114. The van der Waals surface area contributed by atoms with Crippen molar-refractivity contribution in [2.75, 3.05) is 0 Å². The highest BCUT2D eigenvalue weighted by atomic mass is 16.1. The van der Waals surface area contributed by atoms with E-state index in [1.807, 2.05) is 24.3 Å². The number of amides is 1. The number of nitrogens with two attached hydrogens (primary N) is 2. The maximum absolute atomic E-state index is 12.0. The topological polar surface area (TPSA) is 81.5 Å². The van der Waals surface area contributed by atoms with Gasteiger partial charge in [-0.25, -0.2) is 0 Å². The molecule has 0 atom stereocenters. The molecule has 0 spiro atoms. The maximum Gasteiger partial charge on any atom is 0.276 e. The van der Waals surface area contributed by atoms with Crippen LogP contribution in [-0.2, 0) is 11.2 Å². The second-order valence-electron chi connectivity index (χ2n) is 5.73. The fourth-order valence-electron chi connectivity index (χ4n) is 2.49. The average Bonchev–Trinajstić information content (AvgIpc) is 2.42. The number of fused-ring (bicyclic) bond motifs is 1. The lowest BCUT2D eigenvalue weighted by Gasteiger charge is -2.23. The van der Waals surface area contributed by atoms with Crippen LogP contribution >= 0.6 is 0 Å². The molecule has 1 aliphatic carbocycles. The molecule has 0 bridgehead atoms. The van der Waals surface area contributed by atoms with Gasteiger partial charge >= 0.3 is 0 Å². The van der Waals surface area contributed by atoms with Crippen molar-refractivity contribution in [2.24, 2.45) is 21.9 Å². The van der Waals surface area contributed by atoms with Gasteiger partial charge in [-0.2, -0.15) is 4.99 Å². The van der Waals surface area contributed by atoms with Gasteiger partial charge in [0.2, 0.25) is 0 Å². The minimum Gasteiger partial charge on any atom is -0.370 e. The van der Waals surface area contributed by atoms with Gasteiger partial charge in [0.1, 0.15) is 0 Å². The van der Waals surface area contributed by atoms with Crippen molar-refractivity contribution in [2.45, 2.75) is 26.7 Å². The first kappa shape index (κ1) is 13.3. The predicted molar refractivity (Wildman–Crippen MR) is 77.3 cm³/mol. The van der Waals surface area contributed by atoms with Crippen LogP contribution in [0, 0.1) is 5.41 Å². The number of aliphatic imine (C=N–C) groups is 1. The number of carbonyl (C=O) groups excluding carboxylic acids is 1. The molecular weight excluding hydrogens is 238 g/mol. The van der Waals surface area contributed by atoms with Crippen LogP contribution in [0.2, 0.25) is 0 Å². The monoisotopic (exact) mass is 257 g/mol. The van der Waals surface area contributed by atoms with E-state index < -0.39 is 0 Å². The van der Waals surface area contributed by atoms with Gasteiger partial charge in [-0.15, -0.1) is 0 Å². The van der Waals surface area contributed by atoms with Crippen LogP contribution in [0.4, 0.5) is 0 Å². The average molecular weight is 257 g/mol. The smallest absolute Gasteiger partial charge is 0.276 e. The summed E-state index contributed by atoms with van der Waals surface area (Å²) < 4.78 is 0. The number of hydrogen-bond donors (Lipinski definition) is 2. The molecule has 0 heterocycles. The SMILES string of the molecule is CC1(C)CC(C(=O)N=C(N)N)=Cc2ccccc2C1. The fraction of sp³-hybridized carbons (Fsp3) is 0.333. The largest absolute Gasteiger partial charge is 0.370 e. The van der Waals surface area contributed by atoms with Gasteiger partial charge < -0.3 is 11.5 Å². The van der Waals surface area contributed by atoms with Gasteiger partial charge in [0, 0.05) is 5.57 Å². The summed E-state index contributed by atoms with van der Waals surface area (Å²) in [5.41, 5.74) is 13.5. The molecule has 1 aromatic rings. The van der Waals surface area contributed by atoms with Crippen LogP contribution in [-0.4, -0.2) is 11.9 Å². The Labute approximate surface area is 113 Å². The van der Waals surface area contributed by atoms with E-state index in [9.17, 15) is 4.79 Å². The molecule has 0 saturated carbocycles. The van der Waals surface area contributed by atoms with Gasteiger partial charge in [0.05, 0.1) is 0 Å². The van der Waals surface area contributed by atoms with E-state index in [-0.39, 0.29) is 17.3 Å². The van der Waals surface area contributed by atoms with Crippen molar-refractivity contribution in [1.29, 1.82) is 0 Å². The summed E-state index contributed by atoms with van der Waals surface area (Å²) in [5, 5.41) is 0. The number of carbonyl (C=O) groups is 1. The van der Waals surface area contributed by atoms with Crippen molar-refractivity contribution >= 4 is 17.9 Å². The van der Waals surface area contributed by atoms with Crippen molar-refractivity contribution in [1.82, 2.24) is 0 Å². The van der Waals surface area contributed by atoms with E-state index in [4.69, 9.17) is 11.5 Å². The molecule has 4 heteroatoms. The summed E-state index contributed by atoms with van der Waals surface area (Å²) in [4.78, 5) is 15.7. The Kier molecular flexibility index (Phi) is 3.42. The summed E-state index contributed by atoms with van der Waals surface area (Å²) in [7, 11) is 0. The molecule has 2 rings (SSSR count). The summed E-state index contributed by atoms with van der Waals surface area (Å²) in [6, 6.07) is 8.10. The van der Waals surface area contributed by atoms with Gasteiger partial charge in [-0.1, -0.05) is 38.1 Å². The lowest BCUT2D eigenvalue weighted by atomic mass is 9.81. The molecule has 0 saturated heterocycles. The molecule has 4 N–H and O–H groups in total. The van der Waals surface area contributed by atoms with Gasteiger partial charge in [-0.05, 0) is 35.5 Å². The number of benzene rings is 1. The molecule has 0 unspecified atom stereocenters. The third-order valence-corrected chi connectivity index (χ3v) is 3.23. The minimum absolute atomic E-state index is 0.00692. The minimum atomic E-state index is -0.343. The summed E-state index contributed by atoms with van der Waals surface area (Å²) >= 11 is 0. The van der Waals surface area contributed by atoms with Crippen molar-refractivity contribution in [3.63, 3.8) is 0 Å². The molecule has 0 radical (unpaired) electrons. The van der Waals surface area contributed by atoms with Gasteiger partial charge in [0.15, 0.2) is 5.96 Å². The second kappa shape index (κ2) is 4.88. The predicted octanol–water partition coefficient (Wildman–Crippen LogP) is 1.84. The molecule has 100 valence electrons. The number of hydrogen-bond acceptors (Lipinski definition) is 1. The molecule has 19 heavy (non-hydrogen) atoms. The second-order valence-corrected chi connectivity index (χ2v) is 5.73. The first-order chi connectivity index (χ1) is 8.87. The zero-order valence-corrected chi connectivity index (χ0v) is 11.3. The third kappa shape index (κ3) is 3.22. The van der Waals surface area contributed by atoms with E-state index >= 15 is 0 Å². The highest BCUT2D eigenvalue weighted by molar-refractivity contribution is 6.04. The number of rotatable bonds is 1. The normalized spacial score (nSPS) is 16.8. The Morgan fingerprint density at radius 1 is 1.21 bits per heavy atom. The molecule has 0 aromatic heterocycles. The summed E-state index contributed by atoms with van der Waals surface area (Å²) in [6.07, 6.45) is 3.49. The van der Waals surface area contributed by atoms with Crippen LogP contribution in [0.1, 0.15) is 31.4 Å². The zero-order valence-electron chi connectivity index (χ0n) is 11.3. The molecule has 1 amide bonds. The molecule has 0 fully saturated rings. The molecular formula is C15H19N3O. The highest BCUT2D eigenvalue weighted by Crippen LogP contribution is 2.35.